The highest BCUT2D eigenvalue weighted by atomic mass is 32.2. The minimum Gasteiger partial charge on any atom is -0.304 e. The van der Waals surface area contributed by atoms with Crippen LogP contribution in [0.5, 0.6) is 0 Å². The van der Waals surface area contributed by atoms with Gasteiger partial charge >= 0.3 is 0 Å². The molecule has 1 aromatic rings. The molecule has 0 N–H and O–H groups in total. The number of likely N-dealkylation sites (N-methyl/N-ethyl adjacent to an activating group) is 1. The topological polar surface area (TPSA) is 40.6 Å². The van der Waals surface area contributed by atoms with E-state index in [2.05, 4.69) is 23.8 Å². The maximum absolute atomic E-state index is 12.6. The van der Waals surface area contributed by atoms with Gasteiger partial charge in [-0.3, -0.25) is 4.90 Å². The maximum atomic E-state index is 12.6. The molecule has 1 atom stereocenters. The molecule has 1 heterocycles. The Morgan fingerprint density at radius 1 is 1.24 bits per heavy atom. The fourth-order valence-corrected chi connectivity index (χ4v) is 4.52. The third-order valence-electron chi connectivity index (χ3n) is 4.29. The summed E-state index contributed by atoms with van der Waals surface area (Å²) in [5.41, 5.74) is 1.83. The second-order valence-corrected chi connectivity index (χ2v) is 8.31. The standard InChI is InChI=1S/C16H26N2O2S/c1-13-5-6-14(2)16(11-13)21(19,20)10-9-18-8-7-17(4)12-15(18)3/h5-6,11,15H,7-10,12H2,1-4H3/t15-/m1/s1. The van der Waals surface area contributed by atoms with Crippen LogP contribution in [0.2, 0.25) is 0 Å². The van der Waals surface area contributed by atoms with Gasteiger partial charge in [0.25, 0.3) is 0 Å². The number of sulfone groups is 1. The quantitative estimate of drug-likeness (QED) is 0.849. The van der Waals surface area contributed by atoms with Crippen LogP contribution in [0.1, 0.15) is 18.1 Å². The van der Waals surface area contributed by atoms with E-state index in [0.29, 0.717) is 17.5 Å². The number of hydrogen-bond acceptors (Lipinski definition) is 4. The minimum absolute atomic E-state index is 0.200. The van der Waals surface area contributed by atoms with Gasteiger partial charge in [-0.25, -0.2) is 8.42 Å². The summed E-state index contributed by atoms with van der Waals surface area (Å²) in [6, 6.07) is 6.05. The maximum Gasteiger partial charge on any atom is 0.179 e. The first-order valence-corrected chi connectivity index (χ1v) is 9.17. The molecule has 0 aliphatic carbocycles. The summed E-state index contributed by atoms with van der Waals surface area (Å²) in [5.74, 6) is 0.200. The molecule has 1 aliphatic rings. The Kier molecular flexibility index (Phi) is 5.07. The molecular formula is C16H26N2O2S. The molecule has 0 spiro atoms. The van der Waals surface area contributed by atoms with Crippen molar-refractivity contribution in [2.75, 3.05) is 39.0 Å². The summed E-state index contributed by atoms with van der Waals surface area (Å²) in [7, 11) is -1.09. The van der Waals surface area contributed by atoms with Gasteiger partial charge in [0.1, 0.15) is 0 Å². The van der Waals surface area contributed by atoms with Gasteiger partial charge in [-0.15, -0.1) is 0 Å². The van der Waals surface area contributed by atoms with E-state index in [9.17, 15) is 8.42 Å². The van der Waals surface area contributed by atoms with E-state index in [1.807, 2.05) is 26.0 Å². The third-order valence-corrected chi connectivity index (χ3v) is 6.12. The molecule has 2 rings (SSSR count). The molecule has 5 heteroatoms. The normalized spacial score (nSPS) is 21.6. The van der Waals surface area contributed by atoms with Crippen molar-refractivity contribution in [3.05, 3.63) is 29.3 Å². The summed E-state index contributed by atoms with van der Waals surface area (Å²) in [5, 5.41) is 0. The van der Waals surface area contributed by atoms with Crippen molar-refractivity contribution in [3.8, 4) is 0 Å². The molecule has 0 aromatic heterocycles. The summed E-state index contributed by atoms with van der Waals surface area (Å²) < 4.78 is 25.2. The first-order valence-electron chi connectivity index (χ1n) is 7.52. The zero-order valence-corrected chi connectivity index (χ0v) is 14.3. The second kappa shape index (κ2) is 6.46. The second-order valence-electron chi connectivity index (χ2n) is 6.24. The van der Waals surface area contributed by atoms with Crippen molar-refractivity contribution in [1.29, 1.82) is 0 Å². The predicted molar refractivity (Wildman–Crippen MR) is 86.5 cm³/mol. The molecule has 0 saturated carbocycles. The third kappa shape index (κ3) is 4.05. The molecule has 1 aliphatic heterocycles. The summed E-state index contributed by atoms with van der Waals surface area (Å²) in [4.78, 5) is 5.06. The lowest BCUT2D eigenvalue weighted by molar-refractivity contribution is 0.106. The van der Waals surface area contributed by atoms with Crippen molar-refractivity contribution < 1.29 is 8.42 Å². The first kappa shape index (κ1) is 16.5. The number of hydrogen-bond donors (Lipinski definition) is 0. The largest absolute Gasteiger partial charge is 0.304 e. The van der Waals surface area contributed by atoms with Crippen LogP contribution in [0, 0.1) is 13.8 Å². The van der Waals surface area contributed by atoms with E-state index >= 15 is 0 Å². The number of piperazine rings is 1. The smallest absolute Gasteiger partial charge is 0.179 e. The molecule has 0 radical (unpaired) electrons. The highest BCUT2D eigenvalue weighted by molar-refractivity contribution is 7.91. The van der Waals surface area contributed by atoms with Crippen LogP contribution in [-0.2, 0) is 9.84 Å². The summed E-state index contributed by atoms with van der Waals surface area (Å²) in [6.45, 7) is 9.54. The molecule has 21 heavy (non-hydrogen) atoms. The number of aryl methyl sites for hydroxylation is 2. The van der Waals surface area contributed by atoms with E-state index in [1.165, 1.54) is 0 Å². The van der Waals surface area contributed by atoms with Crippen molar-refractivity contribution in [2.24, 2.45) is 0 Å². The fourth-order valence-electron chi connectivity index (χ4n) is 2.90. The molecule has 0 unspecified atom stereocenters. The van der Waals surface area contributed by atoms with E-state index in [-0.39, 0.29) is 5.75 Å². The SMILES string of the molecule is Cc1ccc(C)c(S(=O)(=O)CCN2CCN(C)C[C@H]2C)c1. The van der Waals surface area contributed by atoms with E-state index < -0.39 is 9.84 Å². The van der Waals surface area contributed by atoms with Gasteiger partial charge in [0.15, 0.2) is 9.84 Å². The van der Waals surface area contributed by atoms with Gasteiger partial charge in [0.2, 0.25) is 0 Å². The van der Waals surface area contributed by atoms with Gasteiger partial charge in [0.05, 0.1) is 10.6 Å². The lowest BCUT2D eigenvalue weighted by atomic mass is 10.2. The average Bonchev–Trinajstić information content (AvgIpc) is 2.40. The molecular weight excluding hydrogens is 284 g/mol. The molecule has 1 fully saturated rings. The van der Waals surface area contributed by atoms with Gasteiger partial charge in [-0.05, 0) is 45.0 Å². The van der Waals surface area contributed by atoms with Crippen molar-refractivity contribution in [2.45, 2.75) is 31.7 Å². The van der Waals surface area contributed by atoms with E-state index in [1.54, 1.807) is 6.07 Å². The molecule has 0 bridgehead atoms. The Bertz CT molecular complexity index is 598. The molecule has 1 saturated heterocycles. The van der Waals surface area contributed by atoms with Gasteiger partial charge in [-0.1, -0.05) is 12.1 Å². The number of benzene rings is 1. The highest BCUT2D eigenvalue weighted by Gasteiger charge is 2.24. The Morgan fingerprint density at radius 3 is 2.62 bits per heavy atom. The van der Waals surface area contributed by atoms with Crippen molar-refractivity contribution in [3.63, 3.8) is 0 Å². The zero-order chi connectivity index (χ0) is 15.6. The lowest BCUT2D eigenvalue weighted by Crippen LogP contribution is -2.51. The molecule has 0 amide bonds. The Morgan fingerprint density at radius 2 is 1.95 bits per heavy atom. The van der Waals surface area contributed by atoms with Crippen molar-refractivity contribution >= 4 is 9.84 Å². The molecule has 4 nitrogen and oxygen atoms in total. The van der Waals surface area contributed by atoms with Crippen LogP contribution in [0.4, 0.5) is 0 Å². The van der Waals surface area contributed by atoms with Crippen LogP contribution in [0.25, 0.3) is 0 Å². The van der Waals surface area contributed by atoms with Crippen LogP contribution in [0.15, 0.2) is 23.1 Å². The van der Waals surface area contributed by atoms with Crippen LogP contribution in [-0.4, -0.2) is 63.2 Å². The van der Waals surface area contributed by atoms with Gasteiger partial charge in [0, 0.05) is 32.2 Å². The Labute approximate surface area is 128 Å². The van der Waals surface area contributed by atoms with E-state index in [4.69, 9.17) is 0 Å². The predicted octanol–water partition coefficient (Wildman–Crippen LogP) is 1.71. The van der Waals surface area contributed by atoms with E-state index in [0.717, 1.165) is 30.8 Å². The summed E-state index contributed by atoms with van der Waals surface area (Å²) in [6.07, 6.45) is 0. The van der Waals surface area contributed by atoms with Crippen LogP contribution >= 0.6 is 0 Å². The van der Waals surface area contributed by atoms with Gasteiger partial charge < -0.3 is 4.90 Å². The average molecular weight is 310 g/mol. The Balaban J connectivity index is 2.06. The van der Waals surface area contributed by atoms with Crippen molar-refractivity contribution in [1.82, 2.24) is 9.80 Å². The fraction of sp³-hybridized carbons (Fsp3) is 0.625. The Hall–Kier alpha value is -0.910. The first-order chi connectivity index (χ1) is 9.79. The highest BCUT2D eigenvalue weighted by Crippen LogP contribution is 2.19. The van der Waals surface area contributed by atoms with Gasteiger partial charge in [-0.2, -0.15) is 0 Å². The molecule has 118 valence electrons. The number of rotatable bonds is 4. The zero-order valence-electron chi connectivity index (χ0n) is 13.5. The minimum atomic E-state index is -3.21. The van der Waals surface area contributed by atoms with Crippen LogP contribution in [0.3, 0.4) is 0 Å². The summed E-state index contributed by atoms with van der Waals surface area (Å²) >= 11 is 0. The number of nitrogens with zero attached hydrogens (tertiary/aromatic N) is 2. The van der Waals surface area contributed by atoms with Crippen LogP contribution < -0.4 is 0 Å². The lowest BCUT2D eigenvalue weighted by Gasteiger charge is -2.38. The molecule has 1 aromatic carbocycles. The monoisotopic (exact) mass is 310 g/mol.